The van der Waals surface area contributed by atoms with E-state index in [0.29, 0.717) is 5.75 Å². The Morgan fingerprint density at radius 1 is 1.10 bits per heavy atom. The van der Waals surface area contributed by atoms with E-state index in [9.17, 15) is 4.79 Å². The second kappa shape index (κ2) is 6.44. The maximum absolute atomic E-state index is 11.1. The standard InChI is InChI=1S/C18H20O3/c1-12-9-15(10-13(2)14(12)3)17(11-18(19)20)21-16-7-5-4-6-8-16/h4-10,17H,11H2,1-3H3,(H,19,20). The number of rotatable bonds is 5. The summed E-state index contributed by atoms with van der Waals surface area (Å²) in [5, 5.41) is 9.14. The second-order valence-electron chi connectivity index (χ2n) is 5.30. The van der Waals surface area contributed by atoms with Crippen molar-refractivity contribution in [3.63, 3.8) is 0 Å². The first-order valence-electron chi connectivity index (χ1n) is 6.98. The highest BCUT2D eigenvalue weighted by atomic mass is 16.5. The minimum Gasteiger partial charge on any atom is -0.485 e. The van der Waals surface area contributed by atoms with Gasteiger partial charge in [-0.2, -0.15) is 0 Å². The fourth-order valence-electron chi connectivity index (χ4n) is 2.30. The highest BCUT2D eigenvalue weighted by Gasteiger charge is 2.19. The number of carboxylic acid groups (broad SMARTS) is 1. The topological polar surface area (TPSA) is 46.5 Å². The molecule has 3 nitrogen and oxygen atoms in total. The number of carbonyl (C=O) groups is 1. The van der Waals surface area contributed by atoms with Gasteiger partial charge in [0.25, 0.3) is 0 Å². The van der Waals surface area contributed by atoms with Crippen LogP contribution in [0.2, 0.25) is 0 Å². The van der Waals surface area contributed by atoms with Crippen molar-refractivity contribution >= 4 is 5.97 Å². The summed E-state index contributed by atoms with van der Waals surface area (Å²) in [5.74, 6) is -0.188. The summed E-state index contributed by atoms with van der Waals surface area (Å²) in [6.07, 6.45) is -0.542. The van der Waals surface area contributed by atoms with E-state index in [2.05, 4.69) is 6.92 Å². The maximum Gasteiger partial charge on any atom is 0.307 e. The molecule has 0 heterocycles. The monoisotopic (exact) mass is 284 g/mol. The van der Waals surface area contributed by atoms with Crippen molar-refractivity contribution in [2.75, 3.05) is 0 Å². The van der Waals surface area contributed by atoms with E-state index in [-0.39, 0.29) is 6.42 Å². The molecule has 3 heteroatoms. The third kappa shape index (κ3) is 3.85. The number of aliphatic carboxylic acids is 1. The van der Waals surface area contributed by atoms with Gasteiger partial charge in [0.1, 0.15) is 11.9 Å². The van der Waals surface area contributed by atoms with Gasteiger partial charge in [0.15, 0.2) is 0 Å². The number of hydrogen-bond acceptors (Lipinski definition) is 2. The van der Waals surface area contributed by atoms with Gasteiger partial charge >= 0.3 is 5.97 Å². The average Bonchev–Trinajstić information content (AvgIpc) is 2.44. The SMILES string of the molecule is Cc1cc(C(CC(=O)O)Oc2ccccc2)cc(C)c1C. The molecule has 0 saturated heterocycles. The average molecular weight is 284 g/mol. The summed E-state index contributed by atoms with van der Waals surface area (Å²) >= 11 is 0. The van der Waals surface area contributed by atoms with Crippen molar-refractivity contribution in [3.8, 4) is 5.75 Å². The molecule has 1 unspecified atom stereocenters. The van der Waals surface area contributed by atoms with Gasteiger partial charge in [0, 0.05) is 0 Å². The first kappa shape index (κ1) is 15.1. The quantitative estimate of drug-likeness (QED) is 0.894. The smallest absolute Gasteiger partial charge is 0.307 e. The molecule has 0 aliphatic heterocycles. The first-order chi connectivity index (χ1) is 9.97. The van der Waals surface area contributed by atoms with Crippen LogP contribution >= 0.6 is 0 Å². The summed E-state index contributed by atoms with van der Waals surface area (Å²) < 4.78 is 5.88. The van der Waals surface area contributed by atoms with E-state index in [1.54, 1.807) is 0 Å². The summed E-state index contributed by atoms with van der Waals surface area (Å²) in [6.45, 7) is 6.14. The largest absolute Gasteiger partial charge is 0.485 e. The molecule has 21 heavy (non-hydrogen) atoms. The van der Waals surface area contributed by atoms with Gasteiger partial charge in [-0.25, -0.2) is 0 Å². The predicted molar refractivity (Wildman–Crippen MR) is 82.7 cm³/mol. The number of ether oxygens (including phenoxy) is 1. The van der Waals surface area contributed by atoms with Crippen molar-refractivity contribution < 1.29 is 14.6 Å². The lowest BCUT2D eigenvalue weighted by molar-refractivity contribution is -0.138. The van der Waals surface area contributed by atoms with Gasteiger partial charge in [0.05, 0.1) is 6.42 Å². The van der Waals surface area contributed by atoms with Gasteiger partial charge in [-0.1, -0.05) is 30.3 Å². The number of hydrogen-bond donors (Lipinski definition) is 1. The van der Waals surface area contributed by atoms with Crippen LogP contribution in [0.1, 0.15) is 34.8 Å². The molecule has 2 aromatic carbocycles. The van der Waals surface area contributed by atoms with Crippen molar-refractivity contribution in [2.24, 2.45) is 0 Å². The fourth-order valence-corrected chi connectivity index (χ4v) is 2.30. The van der Waals surface area contributed by atoms with Gasteiger partial charge in [-0.3, -0.25) is 4.79 Å². The summed E-state index contributed by atoms with van der Waals surface area (Å²) in [7, 11) is 0. The van der Waals surface area contributed by atoms with Crippen molar-refractivity contribution in [3.05, 3.63) is 64.7 Å². The Morgan fingerprint density at radius 2 is 1.67 bits per heavy atom. The van der Waals surface area contributed by atoms with Crippen molar-refractivity contribution in [2.45, 2.75) is 33.3 Å². The molecule has 110 valence electrons. The highest BCUT2D eigenvalue weighted by Crippen LogP contribution is 2.27. The summed E-state index contributed by atoms with van der Waals surface area (Å²) in [5.41, 5.74) is 4.43. The second-order valence-corrected chi connectivity index (χ2v) is 5.30. The molecule has 0 spiro atoms. The number of benzene rings is 2. The van der Waals surface area contributed by atoms with Crippen LogP contribution in [0.3, 0.4) is 0 Å². The zero-order valence-corrected chi connectivity index (χ0v) is 12.6. The third-order valence-electron chi connectivity index (χ3n) is 3.70. The Kier molecular flexibility index (Phi) is 4.63. The van der Waals surface area contributed by atoms with Crippen LogP contribution in [0.15, 0.2) is 42.5 Å². The Hall–Kier alpha value is -2.29. The Bertz CT molecular complexity index is 609. The summed E-state index contributed by atoms with van der Waals surface area (Å²) in [6, 6.07) is 13.3. The number of para-hydroxylation sites is 1. The van der Waals surface area contributed by atoms with E-state index >= 15 is 0 Å². The molecule has 1 atom stereocenters. The van der Waals surface area contributed by atoms with E-state index < -0.39 is 12.1 Å². The van der Waals surface area contributed by atoms with Crippen LogP contribution in [0, 0.1) is 20.8 Å². The van der Waals surface area contributed by atoms with Crippen molar-refractivity contribution in [1.82, 2.24) is 0 Å². The van der Waals surface area contributed by atoms with Crippen molar-refractivity contribution in [1.29, 1.82) is 0 Å². The lowest BCUT2D eigenvalue weighted by Crippen LogP contribution is -2.13. The molecular formula is C18H20O3. The Morgan fingerprint density at radius 3 is 2.19 bits per heavy atom. The van der Waals surface area contributed by atoms with Crippen LogP contribution in [0.5, 0.6) is 5.75 Å². The van der Waals surface area contributed by atoms with Crippen LogP contribution in [-0.2, 0) is 4.79 Å². The zero-order chi connectivity index (χ0) is 15.4. The molecule has 2 rings (SSSR count). The number of aryl methyl sites for hydroxylation is 2. The number of carboxylic acids is 1. The minimum atomic E-state index is -0.869. The Balaban J connectivity index is 2.34. The van der Waals surface area contributed by atoms with Crippen LogP contribution in [-0.4, -0.2) is 11.1 Å². The van der Waals surface area contributed by atoms with E-state index in [1.165, 1.54) is 5.56 Å². The van der Waals surface area contributed by atoms with Gasteiger partial charge < -0.3 is 9.84 Å². The molecule has 0 aliphatic carbocycles. The van der Waals surface area contributed by atoms with E-state index in [1.807, 2.05) is 56.3 Å². The highest BCUT2D eigenvalue weighted by molar-refractivity contribution is 5.68. The van der Waals surface area contributed by atoms with Gasteiger partial charge in [-0.05, 0) is 55.2 Å². The van der Waals surface area contributed by atoms with Gasteiger partial charge in [-0.15, -0.1) is 0 Å². The van der Waals surface area contributed by atoms with E-state index in [0.717, 1.165) is 16.7 Å². The predicted octanol–water partition coefficient (Wildman–Crippen LogP) is 4.21. The van der Waals surface area contributed by atoms with Crippen LogP contribution in [0.4, 0.5) is 0 Å². The molecule has 0 bridgehead atoms. The molecule has 0 aliphatic rings. The molecule has 0 amide bonds. The van der Waals surface area contributed by atoms with E-state index in [4.69, 9.17) is 9.84 Å². The summed E-state index contributed by atoms with van der Waals surface area (Å²) in [4.78, 5) is 11.1. The first-order valence-corrected chi connectivity index (χ1v) is 6.98. The maximum atomic E-state index is 11.1. The van der Waals surface area contributed by atoms with Crippen LogP contribution in [0.25, 0.3) is 0 Å². The fraction of sp³-hybridized carbons (Fsp3) is 0.278. The zero-order valence-electron chi connectivity index (χ0n) is 12.6. The molecule has 0 saturated carbocycles. The molecule has 0 radical (unpaired) electrons. The third-order valence-corrected chi connectivity index (χ3v) is 3.70. The molecule has 1 N–H and O–H groups in total. The van der Waals surface area contributed by atoms with Crippen LogP contribution < -0.4 is 4.74 Å². The van der Waals surface area contributed by atoms with Gasteiger partial charge in [0.2, 0.25) is 0 Å². The molecule has 0 fully saturated rings. The lowest BCUT2D eigenvalue weighted by Gasteiger charge is -2.20. The molecular weight excluding hydrogens is 264 g/mol. The Labute approximate surface area is 125 Å². The molecule has 2 aromatic rings. The lowest BCUT2D eigenvalue weighted by atomic mass is 9.96. The minimum absolute atomic E-state index is 0.0587. The normalized spacial score (nSPS) is 12.0. The molecule has 0 aromatic heterocycles.